The number of alkyl halides is 3. The minimum atomic E-state index is -4.29. The molecular formula is C19H17Br2F3O4S. The Balaban J connectivity index is 2.11. The Morgan fingerprint density at radius 3 is 2.28 bits per heavy atom. The number of methoxy groups -OCH3 is 1. The second-order valence-corrected chi connectivity index (χ2v) is 9.11. The van der Waals surface area contributed by atoms with Crippen molar-refractivity contribution in [1.29, 1.82) is 0 Å². The van der Waals surface area contributed by atoms with Crippen LogP contribution in [0.5, 0.6) is 0 Å². The predicted octanol–water partition coefficient (Wildman–Crippen LogP) is 6.23. The molecule has 0 unspecified atom stereocenters. The third-order valence-electron chi connectivity index (χ3n) is 5.18. The molecule has 2 aliphatic rings. The fraction of sp³-hybridized carbons (Fsp3) is 0.474. The molecule has 1 aliphatic carbocycles. The number of esters is 1. The van der Waals surface area contributed by atoms with Crippen molar-refractivity contribution >= 4 is 60.9 Å². The molecule has 0 aromatic heterocycles. The van der Waals surface area contributed by atoms with Crippen LogP contribution in [0.3, 0.4) is 0 Å². The summed E-state index contributed by atoms with van der Waals surface area (Å²) >= 11 is 11.9. The maximum absolute atomic E-state index is 13.1. The molecule has 1 saturated carbocycles. The van der Waals surface area contributed by atoms with Gasteiger partial charge in [0.2, 0.25) is 0 Å². The lowest BCUT2D eigenvalue weighted by molar-refractivity contribution is -0.194. The summed E-state index contributed by atoms with van der Waals surface area (Å²) in [4.78, 5) is 12.9. The normalized spacial score (nSPS) is 24.7. The molecule has 1 fully saturated rings. The molecule has 0 N–H and O–H groups in total. The minimum Gasteiger partial charge on any atom is -0.460 e. The summed E-state index contributed by atoms with van der Waals surface area (Å²) in [6.45, 7) is 1.89. The van der Waals surface area contributed by atoms with Gasteiger partial charge in [0.1, 0.15) is 5.57 Å². The van der Waals surface area contributed by atoms with Gasteiger partial charge < -0.3 is 14.2 Å². The van der Waals surface area contributed by atoms with Gasteiger partial charge >= 0.3 is 17.4 Å². The topological polar surface area (TPSA) is 44.8 Å². The third kappa shape index (κ3) is 4.34. The second-order valence-electron chi connectivity index (χ2n) is 7.06. The molecule has 29 heavy (non-hydrogen) atoms. The van der Waals surface area contributed by atoms with Crippen LogP contribution in [0.2, 0.25) is 0 Å². The van der Waals surface area contributed by atoms with Gasteiger partial charge in [-0.1, -0.05) is 31.9 Å². The zero-order valence-corrected chi connectivity index (χ0v) is 19.5. The van der Waals surface area contributed by atoms with E-state index in [-0.39, 0.29) is 42.3 Å². The first-order valence-electron chi connectivity index (χ1n) is 8.75. The Hall–Kier alpha value is -1.13. The molecule has 1 heterocycles. The quantitative estimate of drug-likeness (QED) is 0.319. The number of rotatable bonds is 2. The van der Waals surface area contributed by atoms with Crippen LogP contribution >= 0.6 is 44.1 Å². The van der Waals surface area contributed by atoms with E-state index in [1.165, 1.54) is 7.11 Å². The predicted molar refractivity (Wildman–Crippen MR) is 111 cm³/mol. The van der Waals surface area contributed by atoms with Gasteiger partial charge in [-0.15, -0.1) is 0 Å². The third-order valence-corrected chi connectivity index (χ3v) is 6.68. The highest BCUT2D eigenvalue weighted by Crippen LogP contribution is 2.52. The van der Waals surface area contributed by atoms with E-state index >= 15 is 0 Å². The average Bonchev–Trinajstić information content (AvgIpc) is 2.85. The molecule has 1 aromatic rings. The summed E-state index contributed by atoms with van der Waals surface area (Å²) in [5, 5.41) is -0.243. The zero-order valence-electron chi connectivity index (χ0n) is 15.5. The van der Waals surface area contributed by atoms with Crippen molar-refractivity contribution in [2.45, 2.75) is 44.4 Å². The molecule has 0 atom stereocenters. The molecule has 1 aliphatic heterocycles. The van der Waals surface area contributed by atoms with Crippen molar-refractivity contribution in [2.75, 3.05) is 7.11 Å². The molecule has 0 bridgehead atoms. The van der Waals surface area contributed by atoms with E-state index in [1.807, 2.05) is 19.1 Å². The van der Waals surface area contributed by atoms with Crippen LogP contribution in [0.1, 0.15) is 36.8 Å². The van der Waals surface area contributed by atoms with Crippen molar-refractivity contribution in [3.05, 3.63) is 38.0 Å². The van der Waals surface area contributed by atoms with E-state index in [9.17, 15) is 18.0 Å². The Morgan fingerprint density at radius 1 is 1.24 bits per heavy atom. The first kappa shape index (κ1) is 22.6. The molecule has 3 rings (SSSR count). The van der Waals surface area contributed by atoms with Crippen molar-refractivity contribution in [1.82, 2.24) is 0 Å². The van der Waals surface area contributed by atoms with Crippen LogP contribution < -0.4 is 0 Å². The maximum Gasteiger partial charge on any atom is 0.391 e. The first-order valence-corrected chi connectivity index (χ1v) is 10.7. The lowest BCUT2D eigenvalue weighted by atomic mass is 9.77. The lowest BCUT2D eigenvalue weighted by Gasteiger charge is -2.37. The summed E-state index contributed by atoms with van der Waals surface area (Å²) in [7, 11) is 1.31. The van der Waals surface area contributed by atoms with E-state index in [4.69, 9.17) is 26.4 Å². The van der Waals surface area contributed by atoms with Gasteiger partial charge in [0.05, 0.1) is 13.0 Å². The van der Waals surface area contributed by atoms with Crippen LogP contribution in [0.15, 0.2) is 26.8 Å². The highest BCUT2D eigenvalue weighted by Gasteiger charge is 2.55. The van der Waals surface area contributed by atoms with E-state index < -0.39 is 23.7 Å². The van der Waals surface area contributed by atoms with Crippen LogP contribution in [0, 0.1) is 12.8 Å². The molecule has 10 heteroatoms. The number of carbonyl (C=O) groups is 1. The molecule has 0 radical (unpaired) electrons. The van der Waals surface area contributed by atoms with Crippen molar-refractivity contribution in [3.8, 4) is 0 Å². The Bertz CT molecular complexity index is 867. The molecule has 158 valence electrons. The zero-order chi connectivity index (χ0) is 21.6. The van der Waals surface area contributed by atoms with Gasteiger partial charge in [-0.3, -0.25) is 0 Å². The molecule has 0 saturated heterocycles. The Morgan fingerprint density at radius 2 is 1.79 bits per heavy atom. The number of ether oxygens (including phenoxy) is 3. The van der Waals surface area contributed by atoms with Crippen LogP contribution in [-0.4, -0.2) is 30.1 Å². The molecule has 4 nitrogen and oxygen atoms in total. The average molecular weight is 558 g/mol. The van der Waals surface area contributed by atoms with Crippen LogP contribution in [-0.2, 0) is 19.0 Å². The Kier molecular flexibility index (Phi) is 6.37. The van der Waals surface area contributed by atoms with Gasteiger partial charge in [-0.25, -0.2) is 4.79 Å². The smallest absolute Gasteiger partial charge is 0.391 e. The van der Waals surface area contributed by atoms with E-state index in [2.05, 4.69) is 31.9 Å². The molecule has 0 amide bonds. The van der Waals surface area contributed by atoms with E-state index in [1.54, 1.807) is 0 Å². The van der Waals surface area contributed by atoms with Gasteiger partial charge in [-0.2, -0.15) is 13.2 Å². The number of hydrogen-bond acceptors (Lipinski definition) is 5. The summed E-state index contributed by atoms with van der Waals surface area (Å²) in [5.41, 5.74) is 0.244. The van der Waals surface area contributed by atoms with Gasteiger partial charge in [0.25, 0.3) is 0 Å². The number of halogens is 5. The van der Waals surface area contributed by atoms with Crippen LogP contribution in [0.25, 0.3) is 5.57 Å². The number of thiocarbonyl (C=S) groups is 1. The summed E-state index contributed by atoms with van der Waals surface area (Å²) < 4.78 is 56.9. The molecule has 1 spiro atoms. The van der Waals surface area contributed by atoms with Gasteiger partial charge in [-0.05, 0) is 50.3 Å². The number of carbonyl (C=O) groups excluding carboxylic acids is 1. The highest BCUT2D eigenvalue weighted by atomic mass is 79.9. The monoisotopic (exact) mass is 556 g/mol. The van der Waals surface area contributed by atoms with Crippen molar-refractivity contribution < 1.29 is 32.2 Å². The van der Waals surface area contributed by atoms with Gasteiger partial charge in [0.15, 0.2) is 11.4 Å². The van der Waals surface area contributed by atoms with Crippen molar-refractivity contribution in [3.63, 3.8) is 0 Å². The minimum absolute atomic E-state index is 0.0187. The maximum atomic E-state index is 13.1. The lowest BCUT2D eigenvalue weighted by Crippen LogP contribution is -2.41. The number of aryl methyl sites for hydroxylation is 1. The fourth-order valence-electron chi connectivity index (χ4n) is 3.76. The first-order chi connectivity index (χ1) is 13.5. The second kappa shape index (κ2) is 8.19. The van der Waals surface area contributed by atoms with E-state index in [0.717, 1.165) is 5.56 Å². The summed E-state index contributed by atoms with van der Waals surface area (Å²) in [6.07, 6.45) is -4.67. The summed E-state index contributed by atoms with van der Waals surface area (Å²) in [6, 6.07) is 3.64. The highest BCUT2D eigenvalue weighted by molar-refractivity contribution is 9.11. The number of hydrogen-bond donors (Lipinski definition) is 0. The van der Waals surface area contributed by atoms with E-state index in [0.29, 0.717) is 14.5 Å². The van der Waals surface area contributed by atoms with Crippen molar-refractivity contribution in [2.24, 2.45) is 5.92 Å². The summed E-state index contributed by atoms with van der Waals surface area (Å²) in [5.74, 6) is -2.01. The Labute approximate surface area is 188 Å². The van der Waals surface area contributed by atoms with Gasteiger partial charge in [0, 0.05) is 26.7 Å². The molecular weight excluding hydrogens is 541 g/mol. The largest absolute Gasteiger partial charge is 0.460 e. The SMILES string of the molecule is COC(=S)OC1=C(c2c(Br)cc(C)cc2Br)C(=O)OC12CCC(C(F)(F)F)CC2. The molecule has 1 aromatic carbocycles. The fourth-order valence-corrected chi connectivity index (χ4v) is 5.65. The standard InChI is InChI=1S/C19H17Br2F3O4S/c1-9-7-11(20)13(12(21)8-9)14-15(27-17(29)26-2)18(28-16(14)25)5-3-10(4-6-18)19(22,23)24/h7-8,10H,3-6H2,1-2H3. The number of benzene rings is 1. The van der Waals surface area contributed by atoms with Crippen LogP contribution in [0.4, 0.5) is 13.2 Å².